The lowest BCUT2D eigenvalue weighted by Gasteiger charge is -2.37. The molecule has 21 heavy (non-hydrogen) atoms. The molecule has 0 spiro atoms. The molecule has 0 bridgehead atoms. The highest BCUT2D eigenvalue weighted by Crippen LogP contribution is 2.40. The molecule has 0 radical (unpaired) electrons. The highest BCUT2D eigenvalue weighted by Gasteiger charge is 2.32. The van der Waals surface area contributed by atoms with Crippen LogP contribution in [-0.2, 0) is 4.74 Å². The Balaban J connectivity index is 2.06. The standard InChI is InChI=1S/C17H26BrNO2/c1-5-21-13-7-12(8-13)9-16(19-3)14-10-15(18)11(2)6-17(14)20-4/h6,10,12-13,16,19H,5,7-9H2,1-4H3. The Morgan fingerprint density at radius 2 is 2.10 bits per heavy atom. The lowest BCUT2D eigenvalue weighted by molar-refractivity contribution is -0.0290. The number of rotatable bonds is 7. The molecule has 1 aromatic carbocycles. The fourth-order valence-corrected chi connectivity index (χ4v) is 3.45. The minimum absolute atomic E-state index is 0.324. The van der Waals surface area contributed by atoms with Gasteiger partial charge in [-0.1, -0.05) is 15.9 Å². The maximum atomic E-state index is 5.66. The van der Waals surface area contributed by atoms with Crippen LogP contribution >= 0.6 is 15.9 Å². The van der Waals surface area contributed by atoms with E-state index in [1.165, 1.54) is 24.0 Å². The molecule has 1 N–H and O–H groups in total. The van der Waals surface area contributed by atoms with Crippen molar-refractivity contribution in [1.29, 1.82) is 0 Å². The average Bonchev–Trinajstić information content (AvgIpc) is 2.44. The number of benzene rings is 1. The monoisotopic (exact) mass is 355 g/mol. The Bertz CT molecular complexity index is 472. The summed E-state index contributed by atoms with van der Waals surface area (Å²) < 4.78 is 12.4. The lowest BCUT2D eigenvalue weighted by Crippen LogP contribution is -2.34. The van der Waals surface area contributed by atoms with Gasteiger partial charge in [0.25, 0.3) is 0 Å². The number of methoxy groups -OCH3 is 1. The van der Waals surface area contributed by atoms with Gasteiger partial charge in [0.2, 0.25) is 0 Å². The molecule has 0 aliphatic heterocycles. The second-order valence-corrected chi connectivity index (χ2v) is 6.69. The van der Waals surface area contributed by atoms with E-state index in [1.54, 1.807) is 7.11 Å². The SMILES string of the molecule is CCOC1CC(CC(NC)c2cc(Br)c(C)cc2OC)C1. The van der Waals surface area contributed by atoms with E-state index in [0.717, 1.165) is 29.2 Å². The van der Waals surface area contributed by atoms with Crippen LogP contribution in [0, 0.1) is 12.8 Å². The Kier molecular flexibility index (Phi) is 6.08. The summed E-state index contributed by atoms with van der Waals surface area (Å²) >= 11 is 3.63. The van der Waals surface area contributed by atoms with Crippen molar-refractivity contribution in [2.45, 2.75) is 45.3 Å². The number of aryl methyl sites for hydroxylation is 1. The van der Waals surface area contributed by atoms with Crippen molar-refractivity contribution in [2.24, 2.45) is 5.92 Å². The van der Waals surface area contributed by atoms with Gasteiger partial charge in [0.05, 0.1) is 13.2 Å². The van der Waals surface area contributed by atoms with Crippen molar-refractivity contribution in [3.8, 4) is 5.75 Å². The Labute approximate surface area is 136 Å². The zero-order chi connectivity index (χ0) is 15.4. The third kappa shape index (κ3) is 3.99. The second kappa shape index (κ2) is 7.61. The molecule has 118 valence electrons. The Morgan fingerprint density at radius 3 is 2.67 bits per heavy atom. The molecule has 3 nitrogen and oxygen atoms in total. The lowest BCUT2D eigenvalue weighted by atomic mass is 9.77. The van der Waals surface area contributed by atoms with Crippen LogP contribution in [-0.4, -0.2) is 26.9 Å². The molecule has 1 saturated carbocycles. The molecule has 1 fully saturated rings. The van der Waals surface area contributed by atoms with Gasteiger partial charge in [-0.2, -0.15) is 0 Å². The molecule has 1 atom stereocenters. The van der Waals surface area contributed by atoms with E-state index in [0.29, 0.717) is 12.1 Å². The van der Waals surface area contributed by atoms with Crippen LogP contribution in [0.15, 0.2) is 16.6 Å². The molecule has 1 aliphatic carbocycles. The van der Waals surface area contributed by atoms with E-state index >= 15 is 0 Å². The second-order valence-electron chi connectivity index (χ2n) is 5.84. The predicted octanol–water partition coefficient (Wildman–Crippen LogP) is 4.23. The highest BCUT2D eigenvalue weighted by molar-refractivity contribution is 9.10. The molecule has 1 aliphatic rings. The van der Waals surface area contributed by atoms with Gasteiger partial charge in [-0.25, -0.2) is 0 Å². The molecular weight excluding hydrogens is 330 g/mol. The largest absolute Gasteiger partial charge is 0.496 e. The summed E-state index contributed by atoms with van der Waals surface area (Å²) in [6.07, 6.45) is 3.97. The summed E-state index contributed by atoms with van der Waals surface area (Å²) in [6, 6.07) is 4.62. The normalized spacial score (nSPS) is 22.7. The van der Waals surface area contributed by atoms with Crippen LogP contribution in [0.4, 0.5) is 0 Å². The van der Waals surface area contributed by atoms with Gasteiger partial charge in [-0.15, -0.1) is 0 Å². The van der Waals surface area contributed by atoms with Crippen molar-refractivity contribution in [3.05, 3.63) is 27.7 Å². The van der Waals surface area contributed by atoms with Crippen molar-refractivity contribution in [3.63, 3.8) is 0 Å². The van der Waals surface area contributed by atoms with Crippen molar-refractivity contribution < 1.29 is 9.47 Å². The van der Waals surface area contributed by atoms with Gasteiger partial charge in [0.15, 0.2) is 0 Å². The summed E-state index contributed by atoms with van der Waals surface area (Å²) in [4.78, 5) is 0. The predicted molar refractivity (Wildman–Crippen MR) is 90.0 cm³/mol. The molecule has 2 rings (SSSR count). The topological polar surface area (TPSA) is 30.5 Å². The molecular formula is C17H26BrNO2. The third-order valence-corrected chi connectivity index (χ3v) is 5.25. The number of halogens is 1. The van der Waals surface area contributed by atoms with Crippen molar-refractivity contribution >= 4 is 15.9 Å². The molecule has 0 heterocycles. The number of hydrogen-bond acceptors (Lipinski definition) is 3. The average molecular weight is 356 g/mol. The summed E-state index contributed by atoms with van der Waals surface area (Å²) in [7, 11) is 3.77. The van der Waals surface area contributed by atoms with Gasteiger partial charge < -0.3 is 14.8 Å². The van der Waals surface area contributed by atoms with Crippen LogP contribution in [0.2, 0.25) is 0 Å². The van der Waals surface area contributed by atoms with Crippen LogP contribution in [0.3, 0.4) is 0 Å². The van der Waals surface area contributed by atoms with E-state index in [4.69, 9.17) is 9.47 Å². The Morgan fingerprint density at radius 1 is 1.38 bits per heavy atom. The van der Waals surface area contributed by atoms with E-state index in [2.05, 4.69) is 47.2 Å². The molecule has 0 amide bonds. The first-order valence-electron chi connectivity index (χ1n) is 7.71. The van der Waals surface area contributed by atoms with Gasteiger partial charge in [-0.05, 0) is 63.8 Å². The summed E-state index contributed by atoms with van der Waals surface area (Å²) in [6.45, 7) is 4.98. The minimum atomic E-state index is 0.324. The quantitative estimate of drug-likeness (QED) is 0.793. The molecule has 0 saturated heterocycles. The van der Waals surface area contributed by atoms with Crippen LogP contribution in [0.25, 0.3) is 0 Å². The van der Waals surface area contributed by atoms with Crippen LogP contribution in [0.5, 0.6) is 5.75 Å². The number of hydrogen-bond donors (Lipinski definition) is 1. The third-order valence-electron chi connectivity index (χ3n) is 4.40. The smallest absolute Gasteiger partial charge is 0.123 e. The number of ether oxygens (including phenoxy) is 2. The minimum Gasteiger partial charge on any atom is -0.496 e. The molecule has 1 aromatic rings. The summed E-state index contributed by atoms with van der Waals surface area (Å²) in [5, 5.41) is 3.44. The van der Waals surface area contributed by atoms with Gasteiger partial charge >= 0.3 is 0 Å². The van der Waals surface area contributed by atoms with E-state index < -0.39 is 0 Å². The van der Waals surface area contributed by atoms with Crippen LogP contribution < -0.4 is 10.1 Å². The highest BCUT2D eigenvalue weighted by atomic mass is 79.9. The Hall–Kier alpha value is -0.580. The molecule has 0 aromatic heterocycles. The van der Waals surface area contributed by atoms with E-state index in [-0.39, 0.29) is 0 Å². The summed E-state index contributed by atoms with van der Waals surface area (Å²) in [5.41, 5.74) is 2.43. The van der Waals surface area contributed by atoms with Gasteiger partial charge in [-0.3, -0.25) is 0 Å². The number of nitrogens with one attached hydrogen (secondary N) is 1. The van der Waals surface area contributed by atoms with Crippen molar-refractivity contribution in [1.82, 2.24) is 5.32 Å². The first kappa shape index (κ1) is 16.8. The first-order chi connectivity index (χ1) is 10.1. The van der Waals surface area contributed by atoms with Crippen molar-refractivity contribution in [2.75, 3.05) is 20.8 Å². The van der Waals surface area contributed by atoms with Gasteiger partial charge in [0, 0.05) is 22.7 Å². The maximum absolute atomic E-state index is 5.66. The maximum Gasteiger partial charge on any atom is 0.123 e. The molecule has 1 unspecified atom stereocenters. The van der Waals surface area contributed by atoms with E-state index in [1.807, 2.05) is 7.05 Å². The fraction of sp³-hybridized carbons (Fsp3) is 0.647. The summed E-state index contributed by atoms with van der Waals surface area (Å²) in [5.74, 6) is 1.71. The van der Waals surface area contributed by atoms with Crippen LogP contribution in [0.1, 0.15) is 43.4 Å². The fourth-order valence-electron chi connectivity index (χ4n) is 3.09. The molecule has 4 heteroatoms. The van der Waals surface area contributed by atoms with E-state index in [9.17, 15) is 0 Å². The zero-order valence-electron chi connectivity index (χ0n) is 13.4. The first-order valence-corrected chi connectivity index (χ1v) is 8.51. The van der Waals surface area contributed by atoms with Gasteiger partial charge in [0.1, 0.15) is 5.75 Å². The zero-order valence-corrected chi connectivity index (χ0v) is 15.0.